The standard InChI is InChI=1S/C18H30O3/c1-15-14-21-12-7-5-4-6-9-16(19)10-8-11-17(20)13-18(15,2)3/h5,7,15H,4,6,8-14H2,1-3H3. The fourth-order valence-corrected chi connectivity index (χ4v) is 2.52. The fourth-order valence-electron chi connectivity index (χ4n) is 2.52. The van der Waals surface area contributed by atoms with Gasteiger partial charge in [-0.25, -0.2) is 0 Å². The first kappa shape index (κ1) is 18.1. The molecular formula is C18H30O3. The number of allylic oxidation sites excluding steroid dienone is 1. The van der Waals surface area contributed by atoms with Crippen molar-refractivity contribution in [1.82, 2.24) is 0 Å². The van der Waals surface area contributed by atoms with Crippen molar-refractivity contribution in [2.45, 2.75) is 65.7 Å². The van der Waals surface area contributed by atoms with Gasteiger partial charge in [-0.1, -0.05) is 32.9 Å². The Morgan fingerprint density at radius 2 is 1.71 bits per heavy atom. The van der Waals surface area contributed by atoms with Gasteiger partial charge in [0.05, 0.1) is 13.2 Å². The highest BCUT2D eigenvalue weighted by Gasteiger charge is 2.28. The van der Waals surface area contributed by atoms with Gasteiger partial charge in [0, 0.05) is 25.7 Å². The highest BCUT2D eigenvalue weighted by molar-refractivity contribution is 5.81. The molecule has 0 amide bonds. The maximum atomic E-state index is 12.1. The Hall–Kier alpha value is -0.960. The molecule has 1 atom stereocenters. The monoisotopic (exact) mass is 294 g/mol. The van der Waals surface area contributed by atoms with Crippen LogP contribution in [0, 0.1) is 11.3 Å². The van der Waals surface area contributed by atoms with E-state index in [9.17, 15) is 9.59 Å². The molecule has 1 unspecified atom stereocenters. The molecule has 0 bridgehead atoms. The minimum Gasteiger partial charge on any atom is -0.377 e. The predicted octanol–water partition coefficient (Wildman–Crippen LogP) is 4.10. The summed E-state index contributed by atoms with van der Waals surface area (Å²) in [5.41, 5.74) is -0.0537. The van der Waals surface area contributed by atoms with Crippen molar-refractivity contribution in [3.8, 4) is 0 Å². The molecule has 3 heteroatoms. The van der Waals surface area contributed by atoms with Gasteiger partial charge < -0.3 is 4.74 Å². The lowest BCUT2D eigenvalue weighted by molar-refractivity contribution is -0.122. The smallest absolute Gasteiger partial charge is 0.133 e. The minimum atomic E-state index is -0.0537. The van der Waals surface area contributed by atoms with Crippen molar-refractivity contribution in [3.63, 3.8) is 0 Å². The minimum absolute atomic E-state index is 0.0537. The van der Waals surface area contributed by atoms with Crippen molar-refractivity contribution in [2.24, 2.45) is 11.3 Å². The van der Waals surface area contributed by atoms with E-state index in [4.69, 9.17) is 4.74 Å². The van der Waals surface area contributed by atoms with Gasteiger partial charge in [0.15, 0.2) is 0 Å². The normalized spacial score (nSPS) is 26.7. The maximum Gasteiger partial charge on any atom is 0.133 e. The molecule has 1 heterocycles. The Morgan fingerprint density at radius 1 is 1.05 bits per heavy atom. The number of hydrogen-bond donors (Lipinski definition) is 0. The summed E-state index contributed by atoms with van der Waals surface area (Å²) in [5.74, 6) is 0.892. The molecular weight excluding hydrogens is 264 g/mol. The van der Waals surface area contributed by atoms with Gasteiger partial charge in [-0.05, 0) is 30.6 Å². The van der Waals surface area contributed by atoms with Crippen LogP contribution in [-0.4, -0.2) is 24.8 Å². The summed E-state index contributed by atoms with van der Waals surface area (Å²) in [6, 6.07) is 0. The van der Waals surface area contributed by atoms with E-state index in [0.717, 1.165) is 12.8 Å². The van der Waals surface area contributed by atoms with Gasteiger partial charge in [0.1, 0.15) is 11.6 Å². The summed E-state index contributed by atoms with van der Waals surface area (Å²) >= 11 is 0. The van der Waals surface area contributed by atoms with Gasteiger partial charge in [0.2, 0.25) is 0 Å². The van der Waals surface area contributed by atoms with Crippen molar-refractivity contribution in [2.75, 3.05) is 13.2 Å². The van der Waals surface area contributed by atoms with Gasteiger partial charge in [0.25, 0.3) is 0 Å². The maximum absolute atomic E-state index is 12.1. The molecule has 0 saturated heterocycles. The lowest BCUT2D eigenvalue weighted by Gasteiger charge is -2.31. The van der Waals surface area contributed by atoms with Crippen LogP contribution in [0.4, 0.5) is 0 Å². The molecule has 0 aromatic heterocycles. The topological polar surface area (TPSA) is 43.4 Å². The van der Waals surface area contributed by atoms with Crippen molar-refractivity contribution < 1.29 is 14.3 Å². The van der Waals surface area contributed by atoms with E-state index in [1.54, 1.807) is 0 Å². The molecule has 1 aliphatic rings. The Bertz CT molecular complexity index is 369. The molecule has 0 saturated carbocycles. The Morgan fingerprint density at radius 3 is 2.48 bits per heavy atom. The molecule has 120 valence electrons. The summed E-state index contributed by atoms with van der Waals surface area (Å²) in [7, 11) is 0. The molecule has 21 heavy (non-hydrogen) atoms. The van der Waals surface area contributed by atoms with Crippen LogP contribution in [0.25, 0.3) is 0 Å². The molecule has 0 fully saturated rings. The first-order valence-electron chi connectivity index (χ1n) is 8.18. The van der Waals surface area contributed by atoms with Crippen LogP contribution in [0.1, 0.15) is 65.7 Å². The number of carbonyl (C=O) groups is 2. The lowest BCUT2D eigenvalue weighted by Crippen LogP contribution is -2.28. The van der Waals surface area contributed by atoms with E-state index in [2.05, 4.69) is 26.8 Å². The zero-order valence-electron chi connectivity index (χ0n) is 13.8. The Kier molecular flexibility index (Phi) is 7.87. The van der Waals surface area contributed by atoms with Crippen LogP contribution in [0.5, 0.6) is 0 Å². The van der Waals surface area contributed by atoms with Gasteiger partial charge >= 0.3 is 0 Å². The quantitative estimate of drug-likeness (QED) is 0.632. The van der Waals surface area contributed by atoms with E-state index in [-0.39, 0.29) is 17.0 Å². The summed E-state index contributed by atoms with van der Waals surface area (Å²) in [6.45, 7) is 7.70. The highest BCUT2D eigenvalue weighted by atomic mass is 16.5. The number of Topliss-reactive ketones (excluding diaryl/α,β-unsaturated/α-hetero) is 2. The SMILES string of the molecule is CC1COCC=CCCCC(=O)CCCC(=O)CC1(C)C. The number of carbonyl (C=O) groups excluding carboxylic acids is 2. The number of rotatable bonds is 0. The van der Waals surface area contributed by atoms with E-state index in [0.29, 0.717) is 51.2 Å². The third-order valence-corrected chi connectivity index (χ3v) is 4.47. The van der Waals surface area contributed by atoms with E-state index < -0.39 is 0 Å². The third kappa shape index (κ3) is 7.56. The largest absolute Gasteiger partial charge is 0.377 e. The molecule has 0 spiro atoms. The number of ketones is 2. The summed E-state index contributed by atoms with van der Waals surface area (Å²) in [4.78, 5) is 23.8. The van der Waals surface area contributed by atoms with Crippen LogP contribution in [-0.2, 0) is 14.3 Å². The fraction of sp³-hybridized carbons (Fsp3) is 0.778. The second-order valence-corrected chi connectivity index (χ2v) is 6.90. The third-order valence-electron chi connectivity index (χ3n) is 4.47. The molecule has 3 nitrogen and oxygen atoms in total. The average molecular weight is 294 g/mol. The molecule has 1 rings (SSSR count). The molecule has 1 aliphatic heterocycles. The molecule has 0 aromatic carbocycles. The van der Waals surface area contributed by atoms with Gasteiger partial charge in [-0.15, -0.1) is 0 Å². The first-order valence-corrected chi connectivity index (χ1v) is 8.18. The van der Waals surface area contributed by atoms with Crippen LogP contribution < -0.4 is 0 Å². The predicted molar refractivity (Wildman–Crippen MR) is 85.2 cm³/mol. The van der Waals surface area contributed by atoms with Crippen LogP contribution in [0.2, 0.25) is 0 Å². The summed E-state index contributed by atoms with van der Waals surface area (Å²) < 4.78 is 5.67. The first-order chi connectivity index (χ1) is 9.92. The van der Waals surface area contributed by atoms with Crippen LogP contribution >= 0.6 is 0 Å². The number of hydrogen-bond acceptors (Lipinski definition) is 3. The van der Waals surface area contributed by atoms with Crippen molar-refractivity contribution >= 4 is 11.6 Å². The Labute approximate surface area is 129 Å². The second kappa shape index (κ2) is 9.14. The number of ether oxygens (including phenoxy) is 1. The van der Waals surface area contributed by atoms with Gasteiger partial charge in [-0.2, -0.15) is 0 Å². The Balaban J connectivity index is 2.59. The van der Waals surface area contributed by atoms with Crippen molar-refractivity contribution in [3.05, 3.63) is 12.2 Å². The summed E-state index contributed by atoms with van der Waals surface area (Å²) in [6.07, 6.45) is 8.93. The van der Waals surface area contributed by atoms with E-state index in [1.165, 1.54) is 0 Å². The lowest BCUT2D eigenvalue weighted by atomic mass is 9.76. The average Bonchev–Trinajstić information content (AvgIpc) is 2.39. The van der Waals surface area contributed by atoms with E-state index in [1.807, 2.05) is 6.08 Å². The summed E-state index contributed by atoms with van der Waals surface area (Å²) in [5, 5.41) is 0. The van der Waals surface area contributed by atoms with Gasteiger partial charge in [-0.3, -0.25) is 9.59 Å². The highest BCUT2D eigenvalue weighted by Crippen LogP contribution is 2.31. The van der Waals surface area contributed by atoms with E-state index >= 15 is 0 Å². The molecule has 0 aromatic rings. The second-order valence-electron chi connectivity index (χ2n) is 6.90. The zero-order chi connectivity index (χ0) is 15.7. The molecule has 0 N–H and O–H groups in total. The van der Waals surface area contributed by atoms with Crippen LogP contribution in [0.3, 0.4) is 0 Å². The van der Waals surface area contributed by atoms with Crippen LogP contribution in [0.15, 0.2) is 12.2 Å². The van der Waals surface area contributed by atoms with Crippen molar-refractivity contribution in [1.29, 1.82) is 0 Å². The zero-order valence-corrected chi connectivity index (χ0v) is 13.8. The molecule has 0 radical (unpaired) electrons. The molecule has 0 aliphatic carbocycles.